The van der Waals surface area contributed by atoms with Crippen LogP contribution in [0.15, 0.2) is 0 Å². The molecule has 0 saturated carbocycles. The van der Waals surface area contributed by atoms with Gasteiger partial charge in [-0.25, -0.2) is 0 Å². The molecule has 0 N–H and O–H groups in total. The molecule has 72 valence electrons. The van der Waals surface area contributed by atoms with Crippen LogP contribution in [0.4, 0.5) is 0 Å². The maximum absolute atomic E-state index is 2.34. The van der Waals surface area contributed by atoms with E-state index in [-0.39, 0.29) is 0 Å². The zero-order chi connectivity index (χ0) is 9.23. The number of hydrogen-bond donors (Lipinski definition) is 0. The molecule has 0 spiro atoms. The molecule has 0 aliphatic rings. The van der Waals surface area contributed by atoms with Crippen molar-refractivity contribution in [2.24, 2.45) is 0 Å². The molecule has 0 radical (unpaired) electrons. The summed E-state index contributed by atoms with van der Waals surface area (Å²) in [5.41, 5.74) is 0. The molecule has 0 aromatic heterocycles. The van der Waals surface area contributed by atoms with E-state index in [1.165, 1.54) is 52.2 Å². The summed E-state index contributed by atoms with van der Waals surface area (Å²) in [4.78, 5) is 0. The van der Waals surface area contributed by atoms with Gasteiger partial charge in [-0.3, -0.25) is 0 Å². The maximum atomic E-state index is 2.34. The molecular formula is C11H25B. The third kappa shape index (κ3) is 6.76. The molecule has 0 heterocycles. The molecule has 0 saturated heterocycles. The summed E-state index contributed by atoms with van der Waals surface area (Å²) in [6, 6.07) is 0. The highest BCUT2D eigenvalue weighted by Gasteiger charge is 2.05. The molecule has 1 atom stereocenters. The second kappa shape index (κ2) is 9.16. The van der Waals surface area contributed by atoms with Crippen molar-refractivity contribution < 1.29 is 0 Å². The van der Waals surface area contributed by atoms with Crippen molar-refractivity contribution in [2.45, 2.75) is 71.4 Å². The van der Waals surface area contributed by atoms with Crippen LogP contribution in [0.25, 0.3) is 0 Å². The van der Waals surface area contributed by atoms with Crippen LogP contribution in [0.2, 0.25) is 12.6 Å². The van der Waals surface area contributed by atoms with Gasteiger partial charge in [0, 0.05) is 0 Å². The normalized spacial score (nSPS) is 12.9. The van der Waals surface area contributed by atoms with E-state index in [2.05, 4.69) is 20.7 Å². The molecule has 0 aromatic rings. The lowest BCUT2D eigenvalue weighted by Crippen LogP contribution is -1.99. The second-order valence-electron chi connectivity index (χ2n) is 3.91. The molecule has 0 rings (SSSR count). The highest BCUT2D eigenvalue weighted by atomic mass is 14.0. The first-order valence-corrected chi connectivity index (χ1v) is 5.85. The van der Waals surface area contributed by atoms with Crippen LogP contribution in [0.1, 0.15) is 58.8 Å². The average Bonchev–Trinajstić information content (AvgIpc) is 2.11. The fourth-order valence-corrected chi connectivity index (χ4v) is 1.73. The lowest BCUT2D eigenvalue weighted by Gasteiger charge is -2.12. The molecule has 1 heteroatoms. The minimum atomic E-state index is 1.02. The summed E-state index contributed by atoms with van der Waals surface area (Å²) in [7, 11) is 1.39. The Kier molecular flexibility index (Phi) is 9.20. The van der Waals surface area contributed by atoms with Crippen LogP contribution in [-0.4, -0.2) is 7.28 Å². The van der Waals surface area contributed by atoms with E-state index in [4.69, 9.17) is 0 Å². The topological polar surface area (TPSA) is 0 Å². The van der Waals surface area contributed by atoms with E-state index in [1.54, 1.807) is 0 Å². The molecule has 0 aliphatic carbocycles. The van der Waals surface area contributed by atoms with Crippen LogP contribution in [-0.2, 0) is 0 Å². The van der Waals surface area contributed by atoms with Gasteiger partial charge in [-0.1, -0.05) is 71.4 Å². The summed E-state index contributed by atoms with van der Waals surface area (Å²) in [5, 5.41) is 0. The zero-order valence-electron chi connectivity index (χ0n) is 9.23. The number of rotatable bonds is 8. The van der Waals surface area contributed by atoms with Crippen molar-refractivity contribution in [3.05, 3.63) is 0 Å². The standard InChI is InChI=1S/C11H25B/c1-4-6-8-10-11(12-3)9-7-5-2/h11-12H,4-10H2,1-3H3. The van der Waals surface area contributed by atoms with Crippen molar-refractivity contribution in [2.75, 3.05) is 0 Å². The number of hydrogen-bond acceptors (Lipinski definition) is 0. The highest BCUT2D eigenvalue weighted by molar-refractivity contribution is 6.35. The van der Waals surface area contributed by atoms with Gasteiger partial charge in [0.25, 0.3) is 0 Å². The fraction of sp³-hybridized carbons (Fsp3) is 1.00. The summed E-state index contributed by atoms with van der Waals surface area (Å²) < 4.78 is 0. The van der Waals surface area contributed by atoms with Crippen molar-refractivity contribution in [1.29, 1.82) is 0 Å². The van der Waals surface area contributed by atoms with Gasteiger partial charge in [0.2, 0.25) is 0 Å². The minimum Gasteiger partial charge on any atom is -0.0891 e. The summed E-state index contributed by atoms with van der Waals surface area (Å²) >= 11 is 0. The van der Waals surface area contributed by atoms with Gasteiger partial charge in [-0.15, -0.1) is 0 Å². The minimum absolute atomic E-state index is 1.02. The lowest BCUT2D eigenvalue weighted by molar-refractivity contribution is 0.581. The van der Waals surface area contributed by atoms with Gasteiger partial charge >= 0.3 is 0 Å². The van der Waals surface area contributed by atoms with Gasteiger partial charge < -0.3 is 0 Å². The second-order valence-corrected chi connectivity index (χ2v) is 3.91. The Morgan fingerprint density at radius 2 is 1.50 bits per heavy atom. The Balaban J connectivity index is 3.26. The molecule has 0 fully saturated rings. The smallest absolute Gasteiger partial charge is 0.0891 e. The molecule has 0 aromatic carbocycles. The number of unbranched alkanes of at least 4 members (excludes halogenated alkanes) is 3. The molecule has 0 bridgehead atoms. The van der Waals surface area contributed by atoms with Gasteiger partial charge in [-0.2, -0.15) is 0 Å². The SMILES string of the molecule is CBC(CCCC)CCCCC. The van der Waals surface area contributed by atoms with Gasteiger partial charge in [0.1, 0.15) is 7.28 Å². The molecule has 0 aliphatic heterocycles. The third-order valence-corrected chi connectivity index (χ3v) is 2.76. The Morgan fingerprint density at radius 1 is 0.917 bits per heavy atom. The van der Waals surface area contributed by atoms with E-state index in [0.717, 1.165) is 5.82 Å². The van der Waals surface area contributed by atoms with Crippen molar-refractivity contribution in [3.63, 3.8) is 0 Å². The first kappa shape index (κ1) is 12.1. The average molecular weight is 168 g/mol. The molecule has 12 heavy (non-hydrogen) atoms. The van der Waals surface area contributed by atoms with Crippen molar-refractivity contribution >= 4 is 7.28 Å². The Morgan fingerprint density at radius 3 is 2.00 bits per heavy atom. The van der Waals surface area contributed by atoms with Crippen LogP contribution < -0.4 is 0 Å². The Hall–Kier alpha value is 0.0649. The Labute approximate surface area is 79.4 Å². The van der Waals surface area contributed by atoms with Crippen LogP contribution >= 0.6 is 0 Å². The maximum Gasteiger partial charge on any atom is 0.120 e. The lowest BCUT2D eigenvalue weighted by atomic mass is 9.63. The molecule has 0 amide bonds. The summed E-state index contributed by atoms with van der Waals surface area (Å²) in [6.45, 7) is 6.91. The van der Waals surface area contributed by atoms with Gasteiger partial charge in [0.05, 0.1) is 0 Å². The van der Waals surface area contributed by atoms with E-state index in [9.17, 15) is 0 Å². The van der Waals surface area contributed by atoms with E-state index in [0.29, 0.717) is 0 Å². The fourth-order valence-electron chi connectivity index (χ4n) is 1.73. The molecular weight excluding hydrogens is 143 g/mol. The van der Waals surface area contributed by atoms with E-state index < -0.39 is 0 Å². The van der Waals surface area contributed by atoms with Crippen LogP contribution in [0, 0.1) is 0 Å². The predicted molar refractivity (Wildman–Crippen MR) is 60.4 cm³/mol. The Bertz CT molecular complexity index is 81.1. The zero-order valence-corrected chi connectivity index (χ0v) is 9.23. The van der Waals surface area contributed by atoms with Crippen molar-refractivity contribution in [3.8, 4) is 0 Å². The predicted octanol–water partition coefficient (Wildman–Crippen LogP) is 4.03. The van der Waals surface area contributed by atoms with Crippen molar-refractivity contribution in [1.82, 2.24) is 0 Å². The third-order valence-electron chi connectivity index (χ3n) is 2.76. The highest BCUT2D eigenvalue weighted by Crippen LogP contribution is 2.21. The molecule has 0 nitrogen and oxygen atoms in total. The monoisotopic (exact) mass is 168 g/mol. The van der Waals surface area contributed by atoms with Crippen LogP contribution in [0.3, 0.4) is 0 Å². The summed E-state index contributed by atoms with van der Waals surface area (Å²) in [6.07, 6.45) is 10.0. The first-order valence-electron chi connectivity index (χ1n) is 5.85. The van der Waals surface area contributed by atoms with Gasteiger partial charge in [-0.05, 0) is 0 Å². The van der Waals surface area contributed by atoms with Gasteiger partial charge in [0.15, 0.2) is 0 Å². The largest absolute Gasteiger partial charge is 0.120 e. The quantitative estimate of drug-likeness (QED) is 0.379. The summed E-state index contributed by atoms with van der Waals surface area (Å²) in [5.74, 6) is 1.02. The van der Waals surface area contributed by atoms with Crippen LogP contribution in [0.5, 0.6) is 0 Å². The van der Waals surface area contributed by atoms with E-state index >= 15 is 0 Å². The van der Waals surface area contributed by atoms with E-state index in [1.807, 2.05) is 0 Å². The molecule has 1 unspecified atom stereocenters. The first-order chi connectivity index (χ1) is 5.85.